The van der Waals surface area contributed by atoms with Gasteiger partial charge in [0.15, 0.2) is 12.1 Å². The van der Waals surface area contributed by atoms with Gasteiger partial charge in [0, 0.05) is 24.0 Å². The molecule has 0 aliphatic carbocycles. The van der Waals surface area contributed by atoms with E-state index < -0.39 is 29.8 Å². The van der Waals surface area contributed by atoms with Gasteiger partial charge < -0.3 is 18.7 Å². The summed E-state index contributed by atoms with van der Waals surface area (Å²) in [4.78, 5) is 25.6. The van der Waals surface area contributed by atoms with E-state index in [-0.39, 0.29) is 6.54 Å². The van der Waals surface area contributed by atoms with E-state index in [4.69, 9.17) is 8.83 Å². The third kappa shape index (κ3) is 2.72. The number of furan rings is 1. The van der Waals surface area contributed by atoms with Gasteiger partial charge in [0.1, 0.15) is 17.4 Å². The number of alkyl halides is 2. The average Bonchev–Trinajstić information content (AvgIpc) is 3.44. The number of aromatic nitrogens is 3. The van der Waals surface area contributed by atoms with Crippen molar-refractivity contribution in [3.8, 4) is 0 Å². The number of rotatable bonds is 3. The maximum atomic E-state index is 13.3. The van der Waals surface area contributed by atoms with Gasteiger partial charge in [-0.3, -0.25) is 4.79 Å². The van der Waals surface area contributed by atoms with Gasteiger partial charge >= 0.3 is 0 Å². The maximum absolute atomic E-state index is 13.3. The van der Waals surface area contributed by atoms with E-state index in [0.717, 1.165) is 23.0 Å². The van der Waals surface area contributed by atoms with E-state index in [2.05, 4.69) is 15.0 Å². The van der Waals surface area contributed by atoms with Crippen LogP contribution >= 0.6 is 0 Å². The van der Waals surface area contributed by atoms with Gasteiger partial charge in [-0.05, 0) is 24.6 Å². The van der Waals surface area contributed by atoms with Gasteiger partial charge in [0.05, 0.1) is 12.0 Å². The molecule has 1 N–H and O–H groups in total. The predicted molar refractivity (Wildman–Crippen MR) is 97.6 cm³/mol. The van der Waals surface area contributed by atoms with Gasteiger partial charge in [-0.1, -0.05) is 12.1 Å². The molecule has 7 nitrogen and oxygen atoms in total. The molecule has 0 radical (unpaired) electrons. The zero-order valence-electron chi connectivity index (χ0n) is 15.4. The highest BCUT2D eigenvalue weighted by atomic mass is 19.3. The Balaban J connectivity index is 1.63. The quantitative estimate of drug-likeness (QED) is 0.559. The number of aromatic amines is 1. The van der Waals surface area contributed by atoms with Gasteiger partial charge in [-0.2, -0.15) is 0 Å². The molecule has 1 aromatic carbocycles. The number of fused-ring (bicyclic) bond motifs is 2. The Morgan fingerprint density at radius 2 is 2.21 bits per heavy atom. The van der Waals surface area contributed by atoms with E-state index in [0.29, 0.717) is 23.5 Å². The SMILES string of the molecule is Cc1cccc2oc([C@@H]3c4nc[nH]c4CCN3C(=O)c3ocnc3C(F)F)cc12. The number of carbonyl (C=O) groups is 1. The van der Waals surface area contributed by atoms with Crippen LogP contribution in [-0.4, -0.2) is 32.3 Å². The van der Waals surface area contributed by atoms with Crippen LogP contribution in [0.2, 0.25) is 0 Å². The minimum Gasteiger partial charge on any atom is -0.458 e. The van der Waals surface area contributed by atoms with Crippen molar-refractivity contribution >= 4 is 16.9 Å². The van der Waals surface area contributed by atoms with Crippen molar-refractivity contribution < 1.29 is 22.4 Å². The molecule has 148 valence electrons. The van der Waals surface area contributed by atoms with E-state index in [1.165, 1.54) is 4.90 Å². The summed E-state index contributed by atoms with van der Waals surface area (Å²) in [5, 5.41) is 0.922. The Morgan fingerprint density at radius 3 is 3.00 bits per heavy atom. The standard InChI is InChI=1S/C20H16F2N4O3/c1-10-3-2-4-13-11(10)7-14(29-13)17-15-12(23-8-24-15)5-6-26(17)20(27)18-16(19(21)22)25-9-28-18/h2-4,7-9,17,19H,5-6H2,1H3,(H,23,24)/t17-/m1/s1. The van der Waals surface area contributed by atoms with Crippen LogP contribution in [0, 0.1) is 6.92 Å². The molecule has 5 rings (SSSR count). The Kier molecular flexibility index (Phi) is 3.97. The highest BCUT2D eigenvalue weighted by Gasteiger charge is 2.39. The fraction of sp³-hybridized carbons (Fsp3) is 0.250. The monoisotopic (exact) mass is 398 g/mol. The molecule has 0 unspecified atom stereocenters. The molecule has 0 fully saturated rings. The first-order valence-electron chi connectivity index (χ1n) is 9.08. The number of imidazole rings is 1. The molecule has 0 bridgehead atoms. The number of aryl methyl sites for hydroxylation is 1. The van der Waals surface area contributed by atoms with Crippen LogP contribution in [0.4, 0.5) is 8.78 Å². The van der Waals surface area contributed by atoms with Crippen molar-refractivity contribution in [2.75, 3.05) is 6.54 Å². The summed E-state index contributed by atoms with van der Waals surface area (Å²) >= 11 is 0. The summed E-state index contributed by atoms with van der Waals surface area (Å²) < 4.78 is 37.6. The number of oxazole rings is 1. The first-order chi connectivity index (χ1) is 14.0. The van der Waals surface area contributed by atoms with Crippen LogP contribution in [0.15, 0.2) is 45.8 Å². The second-order valence-electron chi connectivity index (χ2n) is 6.92. The Bertz CT molecular complexity index is 1210. The van der Waals surface area contributed by atoms with E-state index in [1.54, 1.807) is 6.33 Å². The second-order valence-corrected chi connectivity index (χ2v) is 6.92. The number of nitrogens with zero attached hydrogens (tertiary/aromatic N) is 3. The van der Waals surface area contributed by atoms with Crippen LogP contribution < -0.4 is 0 Å². The van der Waals surface area contributed by atoms with Crippen LogP contribution in [0.5, 0.6) is 0 Å². The number of H-pyrrole nitrogens is 1. The number of hydrogen-bond donors (Lipinski definition) is 1. The lowest BCUT2D eigenvalue weighted by molar-refractivity contribution is 0.0625. The van der Waals surface area contributed by atoms with Crippen molar-refractivity contribution in [3.05, 3.63) is 71.2 Å². The Labute approximate surface area is 163 Å². The summed E-state index contributed by atoms with van der Waals surface area (Å²) in [5.41, 5.74) is 2.55. The van der Waals surface area contributed by atoms with Crippen molar-refractivity contribution in [1.82, 2.24) is 19.9 Å². The third-order valence-corrected chi connectivity index (χ3v) is 5.25. The van der Waals surface area contributed by atoms with Crippen molar-refractivity contribution in [1.29, 1.82) is 0 Å². The molecule has 4 heterocycles. The summed E-state index contributed by atoms with van der Waals surface area (Å²) in [7, 11) is 0. The molecular weight excluding hydrogens is 382 g/mol. The number of benzene rings is 1. The molecular formula is C20H16F2N4O3. The average molecular weight is 398 g/mol. The third-order valence-electron chi connectivity index (χ3n) is 5.25. The number of halogens is 2. The molecule has 29 heavy (non-hydrogen) atoms. The largest absolute Gasteiger partial charge is 0.458 e. The molecule has 3 aromatic heterocycles. The highest BCUT2D eigenvalue weighted by molar-refractivity contribution is 5.93. The first-order valence-corrected chi connectivity index (χ1v) is 9.08. The van der Waals surface area contributed by atoms with Crippen molar-refractivity contribution in [3.63, 3.8) is 0 Å². The summed E-state index contributed by atoms with van der Waals surface area (Å²) in [6.07, 6.45) is 0.0110. The number of nitrogens with one attached hydrogen (secondary N) is 1. The lowest BCUT2D eigenvalue weighted by Crippen LogP contribution is -2.40. The molecule has 0 saturated heterocycles. The van der Waals surface area contributed by atoms with E-state index in [1.807, 2.05) is 31.2 Å². The van der Waals surface area contributed by atoms with Gasteiger partial charge in [-0.15, -0.1) is 0 Å². The lowest BCUT2D eigenvalue weighted by Gasteiger charge is -2.33. The molecule has 1 aliphatic rings. The molecule has 0 spiro atoms. The Morgan fingerprint density at radius 1 is 1.34 bits per heavy atom. The highest BCUT2D eigenvalue weighted by Crippen LogP contribution is 2.38. The van der Waals surface area contributed by atoms with Crippen LogP contribution in [0.3, 0.4) is 0 Å². The van der Waals surface area contributed by atoms with Crippen LogP contribution in [0.1, 0.15) is 51.4 Å². The molecule has 9 heteroatoms. The molecule has 1 atom stereocenters. The van der Waals surface area contributed by atoms with Crippen LogP contribution in [-0.2, 0) is 6.42 Å². The smallest absolute Gasteiger partial charge is 0.292 e. The van der Waals surface area contributed by atoms with Crippen molar-refractivity contribution in [2.45, 2.75) is 25.8 Å². The number of hydrogen-bond acceptors (Lipinski definition) is 5. The first kappa shape index (κ1) is 17.6. The van der Waals surface area contributed by atoms with Gasteiger partial charge in [-0.25, -0.2) is 18.7 Å². The molecule has 1 aliphatic heterocycles. The van der Waals surface area contributed by atoms with E-state index >= 15 is 0 Å². The van der Waals surface area contributed by atoms with Crippen LogP contribution in [0.25, 0.3) is 11.0 Å². The van der Waals surface area contributed by atoms with Gasteiger partial charge in [0.2, 0.25) is 5.76 Å². The zero-order valence-corrected chi connectivity index (χ0v) is 15.4. The normalized spacial score (nSPS) is 16.6. The Hall–Kier alpha value is -3.49. The maximum Gasteiger partial charge on any atom is 0.292 e. The summed E-state index contributed by atoms with van der Waals surface area (Å²) in [6, 6.07) is 6.90. The molecule has 0 saturated carbocycles. The summed E-state index contributed by atoms with van der Waals surface area (Å²) in [6.45, 7) is 2.26. The molecule has 4 aromatic rings. The number of amides is 1. The number of carbonyl (C=O) groups excluding carboxylic acids is 1. The van der Waals surface area contributed by atoms with Crippen molar-refractivity contribution in [2.24, 2.45) is 0 Å². The predicted octanol–water partition coefficient (Wildman–Crippen LogP) is 4.18. The van der Waals surface area contributed by atoms with Gasteiger partial charge in [0.25, 0.3) is 12.3 Å². The molecule has 1 amide bonds. The minimum absolute atomic E-state index is 0.290. The lowest BCUT2D eigenvalue weighted by atomic mass is 9.99. The fourth-order valence-electron chi connectivity index (χ4n) is 3.85. The topological polar surface area (TPSA) is 88.2 Å². The zero-order chi connectivity index (χ0) is 20.1. The summed E-state index contributed by atoms with van der Waals surface area (Å²) in [5.74, 6) is -0.626. The fourth-order valence-corrected chi connectivity index (χ4v) is 3.85. The minimum atomic E-state index is -2.91. The van der Waals surface area contributed by atoms with E-state index in [9.17, 15) is 13.6 Å². The second kappa shape index (κ2) is 6.54.